The largest absolute Gasteiger partial charge is 0.573 e. The van der Waals surface area contributed by atoms with Crippen molar-refractivity contribution in [3.8, 4) is 11.4 Å². The SMILES string of the molecule is CC(C)c1ccc(C(F)(F)F)cc1N1C(=O)CSC1=NC(=O)Nc1ccc(CCc2ncn(-c3ccc(OC(F)(F)F)cc3)n2)cc1F. The van der Waals surface area contributed by atoms with Crippen LogP contribution in [0.15, 0.2) is 72.0 Å². The molecule has 1 aliphatic rings. The second kappa shape index (κ2) is 13.7. The molecular formula is C31H25F7N6O3S. The standard InChI is InChI=1S/C31H25F7N6O3S/c1-17(2)22-10-5-19(30(33,34)35)14-25(22)44-27(45)15-48-29(44)41-28(46)40-24-11-3-18(13-23(24)32)4-12-26-39-16-43(42-26)20-6-8-21(9-7-20)47-31(36,37)38/h3,5-11,13-14,16-17H,4,12,15H2,1-2H3,(H,40,46). The van der Waals surface area contributed by atoms with Gasteiger partial charge in [-0.15, -0.1) is 13.2 Å². The van der Waals surface area contributed by atoms with Crippen LogP contribution < -0.4 is 15.0 Å². The molecule has 4 aromatic rings. The Morgan fingerprint density at radius 2 is 1.75 bits per heavy atom. The molecule has 1 saturated heterocycles. The number of thioether (sulfide) groups is 1. The second-order valence-electron chi connectivity index (χ2n) is 10.7. The zero-order chi connectivity index (χ0) is 34.8. The molecule has 5 rings (SSSR count). The van der Waals surface area contributed by atoms with E-state index < -0.39 is 35.9 Å². The fraction of sp³-hybridized carbons (Fsp3) is 0.258. The van der Waals surface area contributed by atoms with Crippen molar-refractivity contribution in [1.82, 2.24) is 14.8 Å². The fourth-order valence-corrected chi connectivity index (χ4v) is 5.58. The Bertz CT molecular complexity index is 1860. The molecule has 0 bridgehead atoms. The Morgan fingerprint density at radius 3 is 2.40 bits per heavy atom. The number of carbonyl (C=O) groups is 2. The van der Waals surface area contributed by atoms with E-state index in [1.807, 2.05) is 0 Å². The lowest BCUT2D eigenvalue weighted by Crippen LogP contribution is -2.31. The predicted octanol–water partition coefficient (Wildman–Crippen LogP) is 7.90. The van der Waals surface area contributed by atoms with Gasteiger partial charge in [0.15, 0.2) is 11.0 Å². The molecule has 0 saturated carbocycles. The first kappa shape index (κ1) is 34.4. The van der Waals surface area contributed by atoms with Crippen LogP contribution in [0.2, 0.25) is 0 Å². The zero-order valence-electron chi connectivity index (χ0n) is 25.1. The van der Waals surface area contributed by atoms with E-state index in [-0.39, 0.29) is 40.4 Å². The fourth-order valence-electron chi connectivity index (χ4n) is 4.72. The third kappa shape index (κ3) is 8.31. The molecule has 0 atom stereocenters. The van der Waals surface area contributed by atoms with E-state index in [4.69, 9.17) is 0 Å². The lowest BCUT2D eigenvalue weighted by Gasteiger charge is -2.23. The van der Waals surface area contributed by atoms with Crippen LogP contribution in [-0.4, -0.2) is 44.0 Å². The molecular weight excluding hydrogens is 669 g/mol. The molecule has 0 spiro atoms. The van der Waals surface area contributed by atoms with Crippen molar-refractivity contribution in [3.05, 3.63) is 95.3 Å². The average Bonchev–Trinajstić information content (AvgIpc) is 3.62. The van der Waals surface area contributed by atoms with E-state index in [1.165, 1.54) is 41.3 Å². The number of hydrogen-bond donors (Lipinski definition) is 1. The summed E-state index contributed by atoms with van der Waals surface area (Å²) in [6.45, 7) is 3.50. The van der Waals surface area contributed by atoms with E-state index in [1.54, 1.807) is 19.9 Å². The van der Waals surface area contributed by atoms with Gasteiger partial charge in [0.1, 0.15) is 17.9 Å². The number of hydrogen-bond acceptors (Lipinski definition) is 6. The molecule has 48 heavy (non-hydrogen) atoms. The molecule has 1 aromatic heterocycles. The van der Waals surface area contributed by atoms with Gasteiger partial charge in [-0.05, 0) is 72.0 Å². The maximum absolute atomic E-state index is 15.0. The number of amides is 3. The van der Waals surface area contributed by atoms with Crippen LogP contribution in [0.3, 0.4) is 0 Å². The van der Waals surface area contributed by atoms with Crippen LogP contribution >= 0.6 is 11.8 Å². The highest BCUT2D eigenvalue weighted by Crippen LogP contribution is 2.38. The Hall–Kier alpha value is -4.93. The summed E-state index contributed by atoms with van der Waals surface area (Å²) in [5, 5.41) is 6.44. The highest BCUT2D eigenvalue weighted by atomic mass is 32.2. The van der Waals surface area contributed by atoms with Gasteiger partial charge >= 0.3 is 18.6 Å². The third-order valence-corrected chi connectivity index (χ3v) is 7.89. The van der Waals surface area contributed by atoms with Crippen molar-refractivity contribution in [3.63, 3.8) is 0 Å². The van der Waals surface area contributed by atoms with E-state index in [2.05, 4.69) is 25.1 Å². The number of urea groups is 1. The number of rotatable bonds is 8. The number of halogens is 7. The van der Waals surface area contributed by atoms with Crippen molar-refractivity contribution in [2.45, 2.75) is 45.1 Å². The van der Waals surface area contributed by atoms with Crippen LogP contribution in [0.1, 0.15) is 42.3 Å². The summed E-state index contributed by atoms with van der Waals surface area (Å²) in [4.78, 5) is 34.5. The van der Waals surface area contributed by atoms with Crippen LogP contribution in [0.4, 0.5) is 46.9 Å². The summed E-state index contributed by atoms with van der Waals surface area (Å²) in [6.07, 6.45) is -7.50. The highest BCUT2D eigenvalue weighted by molar-refractivity contribution is 8.15. The molecule has 1 fully saturated rings. The number of aryl methyl sites for hydroxylation is 2. The Labute approximate surface area is 272 Å². The monoisotopic (exact) mass is 694 g/mol. The number of carbonyl (C=O) groups excluding carboxylic acids is 2. The summed E-state index contributed by atoms with van der Waals surface area (Å²) in [5.74, 6) is -1.75. The topological polar surface area (TPSA) is 102 Å². The number of aliphatic imine (C=N–C) groups is 1. The van der Waals surface area contributed by atoms with Crippen LogP contribution in [-0.2, 0) is 23.8 Å². The maximum atomic E-state index is 15.0. The maximum Gasteiger partial charge on any atom is 0.573 e. The zero-order valence-corrected chi connectivity index (χ0v) is 25.9. The summed E-state index contributed by atoms with van der Waals surface area (Å²) in [5.41, 5.74) is 0.215. The van der Waals surface area contributed by atoms with E-state index in [0.717, 1.165) is 40.9 Å². The van der Waals surface area contributed by atoms with Gasteiger partial charge in [-0.2, -0.15) is 23.3 Å². The quantitative estimate of drug-likeness (QED) is 0.188. The number of amidine groups is 1. The number of alkyl halides is 6. The number of benzene rings is 3. The minimum atomic E-state index is -4.81. The van der Waals surface area contributed by atoms with E-state index in [0.29, 0.717) is 29.1 Å². The number of nitrogens with one attached hydrogen (secondary N) is 1. The van der Waals surface area contributed by atoms with Crippen molar-refractivity contribution in [1.29, 1.82) is 0 Å². The average molecular weight is 695 g/mol. The molecule has 3 aromatic carbocycles. The van der Waals surface area contributed by atoms with Crippen LogP contribution in [0.5, 0.6) is 5.75 Å². The van der Waals surface area contributed by atoms with Gasteiger partial charge in [-0.25, -0.2) is 18.9 Å². The van der Waals surface area contributed by atoms with Gasteiger partial charge in [0, 0.05) is 6.42 Å². The van der Waals surface area contributed by atoms with Crippen molar-refractivity contribution >= 4 is 40.2 Å². The number of ether oxygens (including phenoxy) is 1. The molecule has 3 amide bonds. The molecule has 2 heterocycles. The van der Waals surface area contributed by atoms with Gasteiger partial charge in [0.05, 0.1) is 28.4 Å². The van der Waals surface area contributed by atoms with Crippen molar-refractivity contribution in [2.75, 3.05) is 16.0 Å². The molecule has 0 radical (unpaired) electrons. The van der Waals surface area contributed by atoms with Crippen LogP contribution in [0.25, 0.3) is 5.69 Å². The highest BCUT2D eigenvalue weighted by Gasteiger charge is 2.36. The predicted molar refractivity (Wildman–Crippen MR) is 164 cm³/mol. The smallest absolute Gasteiger partial charge is 0.406 e. The molecule has 0 aliphatic carbocycles. The number of aromatic nitrogens is 3. The minimum Gasteiger partial charge on any atom is -0.406 e. The summed E-state index contributed by atoms with van der Waals surface area (Å²) >= 11 is 0.870. The van der Waals surface area contributed by atoms with Gasteiger partial charge < -0.3 is 10.1 Å². The molecule has 1 aliphatic heterocycles. The molecule has 17 heteroatoms. The molecule has 0 unspecified atom stereocenters. The lowest BCUT2D eigenvalue weighted by molar-refractivity contribution is -0.274. The Morgan fingerprint density at radius 1 is 1.02 bits per heavy atom. The minimum absolute atomic E-state index is 0.0373. The normalized spacial score (nSPS) is 14.7. The first-order valence-corrected chi connectivity index (χ1v) is 15.2. The summed E-state index contributed by atoms with van der Waals surface area (Å²) < 4.78 is 97.7. The van der Waals surface area contributed by atoms with E-state index >= 15 is 0 Å². The Kier molecular flexibility index (Phi) is 9.79. The van der Waals surface area contributed by atoms with Gasteiger partial charge in [0.25, 0.3) is 0 Å². The van der Waals surface area contributed by atoms with Gasteiger partial charge in [-0.1, -0.05) is 37.7 Å². The van der Waals surface area contributed by atoms with Gasteiger partial charge in [0.2, 0.25) is 5.91 Å². The van der Waals surface area contributed by atoms with Crippen molar-refractivity contribution in [2.24, 2.45) is 4.99 Å². The van der Waals surface area contributed by atoms with Gasteiger partial charge in [-0.3, -0.25) is 9.69 Å². The lowest BCUT2D eigenvalue weighted by atomic mass is 9.98. The van der Waals surface area contributed by atoms with E-state index in [9.17, 15) is 40.3 Å². The molecule has 1 N–H and O–H groups in total. The molecule has 252 valence electrons. The number of anilines is 2. The molecule has 9 nitrogen and oxygen atoms in total. The summed E-state index contributed by atoms with van der Waals surface area (Å²) in [7, 11) is 0. The third-order valence-electron chi connectivity index (χ3n) is 6.97. The number of nitrogens with zero attached hydrogens (tertiary/aromatic N) is 5. The second-order valence-corrected chi connectivity index (χ2v) is 11.7. The van der Waals surface area contributed by atoms with Crippen LogP contribution in [0, 0.1) is 5.82 Å². The van der Waals surface area contributed by atoms with Crippen molar-refractivity contribution < 1.29 is 45.1 Å². The first-order valence-electron chi connectivity index (χ1n) is 14.2. The summed E-state index contributed by atoms with van der Waals surface area (Å²) in [6, 6.07) is 11.1. The first-order chi connectivity index (χ1) is 22.6. The Balaban J connectivity index is 1.24.